The van der Waals surface area contributed by atoms with E-state index in [0.717, 1.165) is 0 Å². The Hall–Kier alpha value is -0.910. The molecule has 0 unspecified atom stereocenters. The zero-order valence-electron chi connectivity index (χ0n) is 11.6. The molecule has 0 aromatic rings. The molecule has 1 heterocycles. The molecule has 0 aromatic carbocycles. The molecule has 18 heavy (non-hydrogen) atoms. The summed E-state index contributed by atoms with van der Waals surface area (Å²) in [4.78, 5) is 25.2. The van der Waals surface area contributed by atoms with Gasteiger partial charge in [0, 0.05) is 11.8 Å². The fourth-order valence-corrected chi connectivity index (χ4v) is 2.53. The monoisotopic (exact) mass is 275 g/mol. The van der Waals surface area contributed by atoms with E-state index < -0.39 is 17.7 Å². The largest absolute Gasteiger partial charge is 0.467 e. The first kappa shape index (κ1) is 15.1. The van der Waals surface area contributed by atoms with Gasteiger partial charge in [0.15, 0.2) is 0 Å². The molecule has 5 nitrogen and oxygen atoms in total. The summed E-state index contributed by atoms with van der Waals surface area (Å²) in [5.41, 5.74) is -0.560. The maximum absolute atomic E-state index is 12.0. The Morgan fingerprint density at radius 2 is 1.94 bits per heavy atom. The topological polar surface area (TPSA) is 55.8 Å². The highest BCUT2D eigenvalue weighted by molar-refractivity contribution is 7.99. The maximum atomic E-state index is 12.0. The van der Waals surface area contributed by atoms with E-state index in [9.17, 15) is 9.59 Å². The maximum Gasteiger partial charge on any atom is 0.411 e. The number of hydrogen-bond donors (Lipinski definition) is 0. The van der Waals surface area contributed by atoms with Crippen LogP contribution in [-0.4, -0.2) is 53.8 Å². The molecule has 0 radical (unpaired) electrons. The van der Waals surface area contributed by atoms with Crippen LogP contribution in [0.4, 0.5) is 4.79 Å². The molecule has 0 N–H and O–H groups in total. The van der Waals surface area contributed by atoms with Crippen LogP contribution in [0.15, 0.2) is 0 Å². The average Bonchev–Trinajstić information content (AvgIpc) is 2.69. The zero-order valence-corrected chi connectivity index (χ0v) is 12.4. The number of ether oxygens (including phenoxy) is 2. The van der Waals surface area contributed by atoms with Crippen LogP contribution in [0.5, 0.6) is 0 Å². The lowest BCUT2D eigenvalue weighted by atomic mass is 10.2. The van der Waals surface area contributed by atoms with Crippen molar-refractivity contribution in [2.24, 2.45) is 0 Å². The number of likely N-dealkylation sites (tertiary alicyclic amines) is 1. The molecule has 0 saturated carbocycles. The number of rotatable bonds is 2. The summed E-state index contributed by atoms with van der Waals surface area (Å²) in [5.74, 6) is -0.377. The van der Waals surface area contributed by atoms with Gasteiger partial charge in [-0.2, -0.15) is 11.8 Å². The molecule has 0 aromatic heterocycles. The third-order valence-corrected chi connectivity index (χ3v) is 3.71. The minimum atomic E-state index is -0.560. The Kier molecular flexibility index (Phi) is 4.90. The van der Waals surface area contributed by atoms with E-state index in [2.05, 4.69) is 0 Å². The van der Waals surface area contributed by atoms with Crippen LogP contribution in [0.25, 0.3) is 0 Å². The third kappa shape index (κ3) is 3.80. The number of thioether (sulfide) groups is 1. The summed E-state index contributed by atoms with van der Waals surface area (Å²) in [5, 5.41) is 0.251. The number of carbonyl (C=O) groups excluding carboxylic acids is 2. The first-order valence-electron chi connectivity index (χ1n) is 5.88. The summed E-state index contributed by atoms with van der Waals surface area (Å²) >= 11 is 1.65. The van der Waals surface area contributed by atoms with Crippen LogP contribution in [0.3, 0.4) is 0 Å². The van der Waals surface area contributed by atoms with E-state index in [4.69, 9.17) is 9.47 Å². The summed E-state index contributed by atoms with van der Waals surface area (Å²) < 4.78 is 10.0. The van der Waals surface area contributed by atoms with Gasteiger partial charge in [-0.1, -0.05) is 0 Å². The van der Waals surface area contributed by atoms with E-state index in [-0.39, 0.29) is 11.2 Å². The smallest absolute Gasteiger partial charge is 0.411 e. The quantitative estimate of drug-likeness (QED) is 0.720. The van der Waals surface area contributed by atoms with Crippen molar-refractivity contribution in [1.29, 1.82) is 0 Å². The van der Waals surface area contributed by atoms with Crippen molar-refractivity contribution in [3.63, 3.8) is 0 Å². The van der Waals surface area contributed by atoms with Crippen LogP contribution in [-0.2, 0) is 14.3 Å². The van der Waals surface area contributed by atoms with Crippen LogP contribution in [0.2, 0.25) is 0 Å². The number of carbonyl (C=O) groups is 2. The van der Waals surface area contributed by atoms with Crippen molar-refractivity contribution in [2.75, 3.05) is 19.9 Å². The summed E-state index contributed by atoms with van der Waals surface area (Å²) in [6.07, 6.45) is 2.14. The third-order valence-electron chi connectivity index (χ3n) is 2.70. The SMILES string of the molecule is COC(=O)[C@H]1C[C@@H](SC)CN1C(=O)OC(C)(C)C. The second-order valence-electron chi connectivity index (χ2n) is 5.27. The van der Waals surface area contributed by atoms with Crippen molar-refractivity contribution < 1.29 is 19.1 Å². The highest BCUT2D eigenvalue weighted by Crippen LogP contribution is 2.28. The molecule has 1 saturated heterocycles. The first-order valence-corrected chi connectivity index (χ1v) is 7.17. The lowest BCUT2D eigenvalue weighted by molar-refractivity contribution is -0.145. The fourth-order valence-electron chi connectivity index (χ4n) is 1.85. The lowest BCUT2D eigenvalue weighted by Gasteiger charge is -2.27. The van der Waals surface area contributed by atoms with Crippen LogP contribution < -0.4 is 0 Å². The van der Waals surface area contributed by atoms with E-state index in [1.54, 1.807) is 32.5 Å². The molecule has 2 atom stereocenters. The number of methoxy groups -OCH3 is 1. The molecule has 0 spiro atoms. The number of esters is 1. The van der Waals surface area contributed by atoms with Crippen molar-refractivity contribution in [2.45, 2.75) is 44.1 Å². The fraction of sp³-hybridized carbons (Fsp3) is 0.833. The van der Waals surface area contributed by atoms with Gasteiger partial charge in [-0.25, -0.2) is 9.59 Å². The second kappa shape index (κ2) is 5.82. The Labute approximate surface area is 112 Å². The molecule has 1 rings (SSSR count). The van der Waals surface area contributed by atoms with E-state index in [0.29, 0.717) is 13.0 Å². The van der Waals surface area contributed by atoms with Crippen molar-refractivity contribution in [3.05, 3.63) is 0 Å². The van der Waals surface area contributed by atoms with Gasteiger partial charge in [0.1, 0.15) is 11.6 Å². The molecule has 104 valence electrons. The van der Waals surface area contributed by atoms with Crippen molar-refractivity contribution >= 4 is 23.8 Å². The molecule has 6 heteroatoms. The van der Waals surface area contributed by atoms with Gasteiger partial charge >= 0.3 is 12.1 Å². The van der Waals surface area contributed by atoms with Crippen molar-refractivity contribution in [1.82, 2.24) is 4.90 Å². The molecular weight excluding hydrogens is 254 g/mol. The van der Waals surface area contributed by atoms with Gasteiger partial charge in [0.05, 0.1) is 7.11 Å². The highest BCUT2D eigenvalue weighted by atomic mass is 32.2. The number of nitrogens with zero attached hydrogens (tertiary/aromatic N) is 1. The Balaban J connectivity index is 2.77. The van der Waals surface area contributed by atoms with E-state index in [1.807, 2.05) is 6.26 Å². The number of amides is 1. The van der Waals surface area contributed by atoms with Gasteiger partial charge in [-0.05, 0) is 33.4 Å². The van der Waals surface area contributed by atoms with Crippen LogP contribution >= 0.6 is 11.8 Å². The Bertz CT molecular complexity index is 327. The van der Waals surface area contributed by atoms with Crippen LogP contribution in [0.1, 0.15) is 27.2 Å². The van der Waals surface area contributed by atoms with Gasteiger partial charge in [0.2, 0.25) is 0 Å². The Morgan fingerprint density at radius 3 is 2.39 bits per heavy atom. The molecule has 1 amide bonds. The number of hydrogen-bond acceptors (Lipinski definition) is 5. The molecule has 1 aliphatic heterocycles. The van der Waals surface area contributed by atoms with Crippen LogP contribution in [0, 0.1) is 0 Å². The van der Waals surface area contributed by atoms with Gasteiger partial charge in [-0.3, -0.25) is 4.90 Å². The van der Waals surface area contributed by atoms with E-state index >= 15 is 0 Å². The Morgan fingerprint density at radius 1 is 1.33 bits per heavy atom. The predicted molar refractivity (Wildman–Crippen MR) is 70.7 cm³/mol. The summed E-state index contributed by atoms with van der Waals surface area (Å²) in [7, 11) is 1.34. The minimum Gasteiger partial charge on any atom is -0.467 e. The normalized spacial score (nSPS) is 23.9. The van der Waals surface area contributed by atoms with Gasteiger partial charge < -0.3 is 9.47 Å². The lowest BCUT2D eigenvalue weighted by Crippen LogP contribution is -2.43. The average molecular weight is 275 g/mol. The zero-order chi connectivity index (χ0) is 13.9. The first-order chi connectivity index (χ1) is 8.28. The molecule has 0 bridgehead atoms. The predicted octanol–water partition coefficient (Wildman–Crippen LogP) is 1.90. The van der Waals surface area contributed by atoms with Gasteiger partial charge in [-0.15, -0.1) is 0 Å². The van der Waals surface area contributed by atoms with Gasteiger partial charge in [0.25, 0.3) is 0 Å². The summed E-state index contributed by atoms with van der Waals surface area (Å²) in [6.45, 7) is 5.94. The molecule has 0 aliphatic carbocycles. The molecule has 1 fully saturated rings. The molecular formula is C12H21NO4S. The van der Waals surface area contributed by atoms with Crippen molar-refractivity contribution in [3.8, 4) is 0 Å². The highest BCUT2D eigenvalue weighted by Gasteiger charge is 2.41. The van der Waals surface area contributed by atoms with E-state index in [1.165, 1.54) is 12.0 Å². The molecule has 1 aliphatic rings. The standard InChI is InChI=1S/C12H21NO4S/c1-12(2,3)17-11(15)13-7-8(18-5)6-9(13)10(14)16-4/h8-9H,6-7H2,1-5H3/t8-,9-/m1/s1. The summed E-state index contributed by atoms with van der Waals surface area (Å²) in [6, 6.07) is -0.526. The minimum absolute atomic E-state index is 0.251. The second-order valence-corrected chi connectivity index (χ2v) is 6.40.